The normalized spacial score (nSPS) is 10.2. The van der Waals surface area contributed by atoms with Gasteiger partial charge in [-0.3, -0.25) is 0 Å². The van der Waals surface area contributed by atoms with E-state index < -0.39 is 0 Å². The Kier molecular flexibility index (Phi) is 3.46. The van der Waals surface area contributed by atoms with Gasteiger partial charge in [0.1, 0.15) is 5.75 Å². The number of aromatic nitrogens is 2. The highest BCUT2D eigenvalue weighted by Gasteiger charge is 2.07. The first-order chi connectivity index (χ1) is 8.63. The molecule has 2 rings (SSSR count). The van der Waals surface area contributed by atoms with Crippen LogP contribution in [0.15, 0.2) is 24.3 Å². The zero-order chi connectivity index (χ0) is 13.1. The molecule has 4 heteroatoms. The van der Waals surface area contributed by atoms with E-state index in [-0.39, 0.29) is 0 Å². The van der Waals surface area contributed by atoms with Crippen molar-refractivity contribution in [2.24, 2.45) is 0 Å². The van der Waals surface area contributed by atoms with Crippen molar-refractivity contribution in [3.8, 4) is 23.0 Å². The molecule has 4 nitrogen and oxygen atoms in total. The highest BCUT2D eigenvalue weighted by Crippen LogP contribution is 2.26. The van der Waals surface area contributed by atoms with Gasteiger partial charge in [-0.05, 0) is 43.7 Å². The summed E-state index contributed by atoms with van der Waals surface area (Å²) in [6.45, 7) is 3.93. The summed E-state index contributed by atoms with van der Waals surface area (Å²) in [6, 6.07) is 8.28. The van der Waals surface area contributed by atoms with E-state index in [4.69, 9.17) is 9.47 Å². The van der Waals surface area contributed by atoms with Gasteiger partial charge in [0.05, 0.1) is 19.9 Å². The summed E-state index contributed by atoms with van der Waals surface area (Å²) in [5.41, 5.74) is 3.83. The number of ether oxygens (including phenoxy) is 2. The van der Waals surface area contributed by atoms with Crippen LogP contribution in [0.3, 0.4) is 0 Å². The van der Waals surface area contributed by atoms with Gasteiger partial charge in [0.25, 0.3) is 0 Å². The number of methoxy groups -OCH3 is 2. The molecule has 0 N–H and O–H groups in total. The van der Waals surface area contributed by atoms with E-state index in [0.717, 1.165) is 28.3 Å². The van der Waals surface area contributed by atoms with E-state index in [9.17, 15) is 0 Å². The Hall–Kier alpha value is -2.10. The molecule has 0 atom stereocenters. The fourth-order valence-electron chi connectivity index (χ4n) is 1.82. The Balaban J connectivity index is 2.48. The largest absolute Gasteiger partial charge is 0.496 e. The number of hydrogen-bond acceptors (Lipinski definition) is 4. The van der Waals surface area contributed by atoms with E-state index in [1.54, 1.807) is 14.2 Å². The van der Waals surface area contributed by atoms with Crippen LogP contribution in [0.5, 0.6) is 11.8 Å². The van der Waals surface area contributed by atoms with Crippen LogP contribution in [0.25, 0.3) is 11.3 Å². The SMILES string of the molecule is COc1nc(C)cc(-c2ccc(OC)c(C)c2)n1. The minimum absolute atomic E-state index is 0.387. The molecular weight excluding hydrogens is 228 g/mol. The summed E-state index contributed by atoms with van der Waals surface area (Å²) in [6.07, 6.45) is 0. The molecule has 0 aliphatic rings. The first-order valence-corrected chi connectivity index (χ1v) is 5.68. The molecule has 0 unspecified atom stereocenters. The second kappa shape index (κ2) is 5.04. The zero-order valence-electron chi connectivity index (χ0n) is 11.0. The van der Waals surface area contributed by atoms with Gasteiger partial charge < -0.3 is 9.47 Å². The molecule has 1 aromatic heterocycles. The second-order valence-corrected chi connectivity index (χ2v) is 4.07. The smallest absolute Gasteiger partial charge is 0.316 e. The molecule has 94 valence electrons. The maximum atomic E-state index is 5.25. The lowest BCUT2D eigenvalue weighted by molar-refractivity contribution is 0.379. The van der Waals surface area contributed by atoms with Crippen molar-refractivity contribution in [1.82, 2.24) is 9.97 Å². The van der Waals surface area contributed by atoms with Gasteiger partial charge in [-0.1, -0.05) is 0 Å². The number of hydrogen-bond donors (Lipinski definition) is 0. The lowest BCUT2D eigenvalue weighted by Gasteiger charge is -2.08. The Morgan fingerprint density at radius 2 is 1.72 bits per heavy atom. The molecule has 0 spiro atoms. The van der Waals surface area contributed by atoms with Crippen LogP contribution in [0.4, 0.5) is 0 Å². The van der Waals surface area contributed by atoms with Gasteiger partial charge in [-0.25, -0.2) is 4.98 Å². The molecule has 0 saturated heterocycles. The van der Waals surface area contributed by atoms with Crippen LogP contribution in [0.1, 0.15) is 11.3 Å². The Labute approximate surface area is 107 Å². The third kappa shape index (κ3) is 2.42. The molecule has 0 fully saturated rings. The highest BCUT2D eigenvalue weighted by molar-refractivity contribution is 5.62. The Morgan fingerprint density at radius 3 is 2.33 bits per heavy atom. The molecule has 0 radical (unpaired) electrons. The third-order valence-corrected chi connectivity index (χ3v) is 2.71. The Morgan fingerprint density at radius 1 is 0.944 bits per heavy atom. The summed E-state index contributed by atoms with van der Waals surface area (Å²) in [5, 5.41) is 0. The van der Waals surface area contributed by atoms with Gasteiger partial charge in [0.2, 0.25) is 0 Å². The third-order valence-electron chi connectivity index (χ3n) is 2.71. The molecular formula is C14H16N2O2. The number of aryl methyl sites for hydroxylation is 2. The van der Waals surface area contributed by atoms with Gasteiger partial charge >= 0.3 is 6.01 Å². The minimum Gasteiger partial charge on any atom is -0.496 e. The summed E-state index contributed by atoms with van der Waals surface area (Å²) < 4.78 is 10.3. The predicted octanol–water partition coefficient (Wildman–Crippen LogP) is 2.78. The van der Waals surface area contributed by atoms with Gasteiger partial charge in [-0.15, -0.1) is 0 Å². The molecule has 1 aromatic carbocycles. The maximum Gasteiger partial charge on any atom is 0.316 e. The Bertz CT molecular complexity index is 568. The molecule has 0 saturated carbocycles. The number of nitrogens with zero attached hydrogens (tertiary/aromatic N) is 2. The molecule has 0 aliphatic carbocycles. The number of benzene rings is 1. The monoisotopic (exact) mass is 244 g/mol. The van der Waals surface area contributed by atoms with E-state index in [1.165, 1.54) is 0 Å². The van der Waals surface area contributed by atoms with Crippen LogP contribution in [-0.2, 0) is 0 Å². The molecule has 1 heterocycles. The molecule has 0 bridgehead atoms. The highest BCUT2D eigenvalue weighted by atomic mass is 16.5. The lowest BCUT2D eigenvalue weighted by atomic mass is 10.1. The fraction of sp³-hybridized carbons (Fsp3) is 0.286. The van der Waals surface area contributed by atoms with Crippen molar-refractivity contribution in [3.63, 3.8) is 0 Å². The molecule has 0 amide bonds. The second-order valence-electron chi connectivity index (χ2n) is 4.07. The molecule has 2 aromatic rings. The zero-order valence-corrected chi connectivity index (χ0v) is 11.0. The van der Waals surface area contributed by atoms with Gasteiger partial charge in [0, 0.05) is 11.3 Å². The first-order valence-electron chi connectivity index (χ1n) is 5.68. The van der Waals surface area contributed by atoms with Crippen molar-refractivity contribution in [2.45, 2.75) is 13.8 Å². The minimum atomic E-state index is 0.387. The quantitative estimate of drug-likeness (QED) is 0.832. The first kappa shape index (κ1) is 12.4. The van der Waals surface area contributed by atoms with E-state index >= 15 is 0 Å². The maximum absolute atomic E-state index is 5.25. The topological polar surface area (TPSA) is 44.2 Å². The van der Waals surface area contributed by atoms with Gasteiger partial charge in [0.15, 0.2) is 0 Å². The number of rotatable bonds is 3. The van der Waals surface area contributed by atoms with Crippen LogP contribution in [0, 0.1) is 13.8 Å². The molecule has 18 heavy (non-hydrogen) atoms. The summed E-state index contributed by atoms with van der Waals surface area (Å²) >= 11 is 0. The van der Waals surface area contributed by atoms with Crippen molar-refractivity contribution >= 4 is 0 Å². The van der Waals surface area contributed by atoms with Crippen LogP contribution >= 0.6 is 0 Å². The predicted molar refractivity (Wildman–Crippen MR) is 70.0 cm³/mol. The van der Waals surface area contributed by atoms with Crippen LogP contribution < -0.4 is 9.47 Å². The van der Waals surface area contributed by atoms with Crippen molar-refractivity contribution < 1.29 is 9.47 Å². The van der Waals surface area contributed by atoms with Crippen molar-refractivity contribution in [3.05, 3.63) is 35.5 Å². The van der Waals surface area contributed by atoms with Gasteiger partial charge in [-0.2, -0.15) is 4.98 Å². The summed E-state index contributed by atoms with van der Waals surface area (Å²) in [5.74, 6) is 0.872. The van der Waals surface area contributed by atoms with E-state index in [1.807, 2.05) is 38.1 Å². The average molecular weight is 244 g/mol. The van der Waals surface area contributed by atoms with Crippen molar-refractivity contribution in [1.29, 1.82) is 0 Å². The standard InChI is InChI=1S/C14H16N2O2/c1-9-7-11(5-6-13(9)17-3)12-8-10(2)15-14(16-12)18-4/h5-8H,1-4H3. The lowest BCUT2D eigenvalue weighted by Crippen LogP contribution is -1.96. The van der Waals surface area contributed by atoms with Crippen LogP contribution in [0.2, 0.25) is 0 Å². The van der Waals surface area contributed by atoms with E-state index in [0.29, 0.717) is 6.01 Å². The van der Waals surface area contributed by atoms with E-state index in [2.05, 4.69) is 9.97 Å². The fourth-order valence-corrected chi connectivity index (χ4v) is 1.82. The van der Waals surface area contributed by atoms with Crippen molar-refractivity contribution in [2.75, 3.05) is 14.2 Å². The summed E-state index contributed by atoms with van der Waals surface area (Å²) in [4.78, 5) is 8.52. The molecule has 0 aliphatic heterocycles. The van der Waals surface area contributed by atoms with Crippen LogP contribution in [-0.4, -0.2) is 24.2 Å². The average Bonchev–Trinajstić information content (AvgIpc) is 2.37. The summed E-state index contributed by atoms with van der Waals surface area (Å²) in [7, 11) is 3.23.